The van der Waals surface area contributed by atoms with E-state index in [9.17, 15) is 10.1 Å². The molecule has 3 rings (SSSR count). The van der Waals surface area contributed by atoms with Crippen LogP contribution < -0.4 is 5.32 Å². The average molecular weight is 345 g/mol. The number of alkyl carbamates (subject to hydrolysis) is 1. The Labute approximate surface area is 148 Å². The van der Waals surface area contributed by atoms with E-state index in [0.29, 0.717) is 5.92 Å². The maximum absolute atomic E-state index is 12.3. The highest BCUT2D eigenvalue weighted by atomic mass is 16.6. The van der Waals surface area contributed by atoms with Gasteiger partial charge in [0.15, 0.2) is 5.54 Å². The number of amides is 1. The lowest BCUT2D eigenvalue weighted by Crippen LogP contribution is -2.38. The van der Waals surface area contributed by atoms with Crippen LogP contribution in [0.5, 0.6) is 0 Å². The van der Waals surface area contributed by atoms with Gasteiger partial charge in [-0.15, -0.1) is 5.10 Å². The second-order valence-electron chi connectivity index (χ2n) is 8.25. The predicted octanol–water partition coefficient (Wildman–Crippen LogP) is 3.44. The van der Waals surface area contributed by atoms with Gasteiger partial charge in [-0.3, -0.25) is 0 Å². The SMILES string of the molecule is CC(C)(C)OC(=O)NC(c1cn(C2(C#N)CC2)nn1)C1CCCCC1. The molecule has 0 radical (unpaired) electrons. The maximum Gasteiger partial charge on any atom is 0.408 e. The Morgan fingerprint density at radius 3 is 2.64 bits per heavy atom. The number of carbonyl (C=O) groups is 1. The first-order chi connectivity index (χ1) is 11.8. The highest BCUT2D eigenvalue weighted by molar-refractivity contribution is 5.68. The summed E-state index contributed by atoms with van der Waals surface area (Å²) in [4.78, 5) is 12.3. The number of hydrogen-bond acceptors (Lipinski definition) is 5. The van der Waals surface area contributed by atoms with Crippen LogP contribution in [0.1, 0.15) is 77.5 Å². The molecule has 2 fully saturated rings. The normalized spacial score (nSPS) is 21.2. The fraction of sp³-hybridized carbons (Fsp3) is 0.778. The molecule has 1 aromatic rings. The van der Waals surface area contributed by atoms with Crippen LogP contribution >= 0.6 is 0 Å². The van der Waals surface area contributed by atoms with E-state index in [1.807, 2.05) is 27.0 Å². The Bertz CT molecular complexity index is 660. The van der Waals surface area contributed by atoms with E-state index in [1.54, 1.807) is 4.68 Å². The summed E-state index contributed by atoms with van der Waals surface area (Å²) in [6.07, 6.45) is 8.67. The fourth-order valence-electron chi connectivity index (χ4n) is 3.47. The van der Waals surface area contributed by atoms with E-state index in [2.05, 4.69) is 21.7 Å². The van der Waals surface area contributed by atoms with Gasteiger partial charge < -0.3 is 10.1 Å². The Hall–Kier alpha value is -2.10. The standard InChI is InChI=1S/C18H27N5O2/c1-17(2,3)25-16(24)20-15(13-7-5-4-6-8-13)14-11-23(22-21-14)18(12-19)9-10-18/h11,13,15H,4-10H2,1-3H3,(H,20,24). The van der Waals surface area contributed by atoms with Gasteiger partial charge in [-0.1, -0.05) is 24.5 Å². The van der Waals surface area contributed by atoms with E-state index in [4.69, 9.17) is 4.74 Å². The fourth-order valence-corrected chi connectivity index (χ4v) is 3.47. The van der Waals surface area contributed by atoms with Crippen molar-refractivity contribution < 1.29 is 9.53 Å². The molecule has 1 N–H and O–H groups in total. The molecule has 2 aliphatic carbocycles. The third-order valence-electron chi connectivity index (χ3n) is 4.99. The first-order valence-electron chi connectivity index (χ1n) is 9.16. The van der Waals surface area contributed by atoms with Crippen molar-refractivity contribution in [3.8, 4) is 6.07 Å². The number of carbonyl (C=O) groups excluding carboxylic acids is 1. The first-order valence-corrected chi connectivity index (χ1v) is 9.16. The molecule has 0 saturated heterocycles. The number of nitrogens with one attached hydrogen (secondary N) is 1. The van der Waals surface area contributed by atoms with Gasteiger partial charge in [0, 0.05) is 0 Å². The molecule has 7 heteroatoms. The van der Waals surface area contributed by atoms with E-state index in [-0.39, 0.29) is 6.04 Å². The van der Waals surface area contributed by atoms with Crippen LogP contribution in [0.4, 0.5) is 4.79 Å². The van der Waals surface area contributed by atoms with Crippen molar-refractivity contribution in [2.24, 2.45) is 5.92 Å². The number of ether oxygens (including phenoxy) is 1. The lowest BCUT2D eigenvalue weighted by molar-refractivity contribution is 0.0474. The summed E-state index contributed by atoms with van der Waals surface area (Å²) in [5.74, 6) is 0.323. The number of nitrogens with zero attached hydrogens (tertiary/aromatic N) is 4. The zero-order valence-corrected chi connectivity index (χ0v) is 15.3. The Morgan fingerprint density at radius 2 is 2.08 bits per heavy atom. The third kappa shape index (κ3) is 4.12. The lowest BCUT2D eigenvalue weighted by atomic mass is 9.83. The summed E-state index contributed by atoms with van der Waals surface area (Å²) in [6.45, 7) is 5.55. The second kappa shape index (κ2) is 6.66. The van der Waals surface area contributed by atoms with Crippen molar-refractivity contribution in [3.63, 3.8) is 0 Å². The van der Waals surface area contributed by atoms with E-state index in [0.717, 1.165) is 44.2 Å². The van der Waals surface area contributed by atoms with Gasteiger partial charge in [0.25, 0.3) is 0 Å². The van der Waals surface area contributed by atoms with Gasteiger partial charge in [0.1, 0.15) is 11.3 Å². The molecule has 0 bridgehead atoms. The third-order valence-corrected chi connectivity index (χ3v) is 4.99. The molecule has 2 saturated carbocycles. The molecule has 0 aliphatic heterocycles. The van der Waals surface area contributed by atoms with Gasteiger partial charge in [-0.05, 0) is 52.4 Å². The smallest absolute Gasteiger partial charge is 0.408 e. The minimum absolute atomic E-state index is 0.224. The molecule has 2 aliphatic rings. The molecule has 0 spiro atoms. The monoisotopic (exact) mass is 345 g/mol. The van der Waals surface area contributed by atoms with Crippen molar-refractivity contribution in [1.82, 2.24) is 20.3 Å². The molecule has 25 heavy (non-hydrogen) atoms. The van der Waals surface area contributed by atoms with E-state index < -0.39 is 17.2 Å². The Balaban J connectivity index is 1.79. The van der Waals surface area contributed by atoms with Crippen LogP contribution in [0.15, 0.2) is 6.20 Å². The first kappa shape index (κ1) is 17.7. The molecule has 1 atom stereocenters. The molecule has 7 nitrogen and oxygen atoms in total. The van der Waals surface area contributed by atoms with Gasteiger partial charge in [0.2, 0.25) is 0 Å². The van der Waals surface area contributed by atoms with Crippen molar-refractivity contribution in [2.75, 3.05) is 0 Å². The summed E-state index contributed by atoms with van der Waals surface area (Å²) in [5, 5.41) is 20.8. The zero-order chi connectivity index (χ0) is 18.1. The van der Waals surface area contributed by atoms with Crippen LogP contribution in [-0.2, 0) is 10.3 Å². The average Bonchev–Trinajstić information content (AvgIpc) is 3.21. The summed E-state index contributed by atoms with van der Waals surface area (Å²) in [6, 6.07) is 2.10. The molecule has 1 amide bonds. The van der Waals surface area contributed by atoms with Crippen LogP contribution in [0.3, 0.4) is 0 Å². The number of nitriles is 1. The van der Waals surface area contributed by atoms with Gasteiger partial charge in [0.05, 0.1) is 18.3 Å². The number of hydrogen-bond donors (Lipinski definition) is 1. The molecular weight excluding hydrogens is 318 g/mol. The molecular formula is C18H27N5O2. The summed E-state index contributed by atoms with van der Waals surface area (Å²) in [7, 11) is 0. The Morgan fingerprint density at radius 1 is 1.40 bits per heavy atom. The maximum atomic E-state index is 12.3. The topological polar surface area (TPSA) is 92.8 Å². The number of aromatic nitrogens is 3. The summed E-state index contributed by atoms with van der Waals surface area (Å²) < 4.78 is 7.09. The summed E-state index contributed by atoms with van der Waals surface area (Å²) in [5.41, 5.74) is -0.356. The van der Waals surface area contributed by atoms with Crippen molar-refractivity contribution in [1.29, 1.82) is 5.26 Å². The van der Waals surface area contributed by atoms with E-state index >= 15 is 0 Å². The number of rotatable bonds is 4. The highest BCUT2D eigenvalue weighted by Gasteiger charge is 2.47. The predicted molar refractivity (Wildman–Crippen MR) is 91.5 cm³/mol. The minimum atomic E-state index is -0.544. The van der Waals surface area contributed by atoms with Crippen molar-refractivity contribution in [2.45, 2.75) is 82.9 Å². The molecule has 1 unspecified atom stereocenters. The van der Waals surface area contributed by atoms with Gasteiger partial charge in [-0.2, -0.15) is 5.26 Å². The van der Waals surface area contributed by atoms with Crippen LogP contribution in [0, 0.1) is 17.2 Å². The molecule has 1 aromatic heterocycles. The summed E-state index contributed by atoms with van der Waals surface area (Å²) >= 11 is 0. The van der Waals surface area contributed by atoms with Crippen molar-refractivity contribution in [3.05, 3.63) is 11.9 Å². The molecule has 136 valence electrons. The largest absolute Gasteiger partial charge is 0.444 e. The van der Waals surface area contributed by atoms with E-state index in [1.165, 1.54) is 6.42 Å². The highest BCUT2D eigenvalue weighted by Crippen LogP contribution is 2.42. The minimum Gasteiger partial charge on any atom is -0.444 e. The second-order valence-corrected chi connectivity index (χ2v) is 8.25. The van der Waals surface area contributed by atoms with Crippen LogP contribution in [-0.4, -0.2) is 26.7 Å². The lowest BCUT2D eigenvalue weighted by Gasteiger charge is -2.30. The van der Waals surface area contributed by atoms with Crippen LogP contribution in [0.2, 0.25) is 0 Å². The van der Waals surface area contributed by atoms with Gasteiger partial charge >= 0.3 is 6.09 Å². The van der Waals surface area contributed by atoms with Crippen molar-refractivity contribution >= 4 is 6.09 Å². The molecule has 0 aromatic carbocycles. The zero-order valence-electron chi connectivity index (χ0n) is 15.3. The van der Waals surface area contributed by atoms with Crippen LogP contribution in [0.25, 0.3) is 0 Å². The van der Waals surface area contributed by atoms with Gasteiger partial charge in [-0.25, -0.2) is 9.48 Å². The molecule has 1 heterocycles. The Kier molecular flexibility index (Phi) is 4.72. The quantitative estimate of drug-likeness (QED) is 0.902.